The lowest BCUT2D eigenvalue weighted by atomic mass is 10.0. The van der Waals surface area contributed by atoms with Gasteiger partial charge in [-0.3, -0.25) is 9.59 Å². The zero-order chi connectivity index (χ0) is 19.1. The molecule has 2 aromatic rings. The Balaban J connectivity index is 1.48. The number of hydrogen-bond acceptors (Lipinski definition) is 4. The van der Waals surface area contributed by atoms with Crippen LogP contribution in [-0.2, 0) is 33.7 Å². The molecule has 0 spiro atoms. The molecule has 1 heterocycles. The van der Waals surface area contributed by atoms with Gasteiger partial charge in [0.25, 0.3) is 0 Å². The number of nitriles is 1. The van der Waals surface area contributed by atoms with Crippen LogP contribution >= 0.6 is 0 Å². The molecular formula is C22H22N2O3. The highest BCUT2D eigenvalue weighted by Crippen LogP contribution is 2.21. The summed E-state index contributed by atoms with van der Waals surface area (Å²) in [5.41, 5.74) is 2.76. The number of carbonyl (C=O) groups excluding carboxylic acids is 2. The van der Waals surface area contributed by atoms with Gasteiger partial charge in [-0.05, 0) is 16.7 Å². The van der Waals surface area contributed by atoms with Gasteiger partial charge in [0.1, 0.15) is 0 Å². The monoisotopic (exact) mass is 362 g/mol. The van der Waals surface area contributed by atoms with E-state index in [1.54, 1.807) is 0 Å². The van der Waals surface area contributed by atoms with Gasteiger partial charge in [0.15, 0.2) is 0 Å². The van der Waals surface area contributed by atoms with Crippen molar-refractivity contribution in [2.24, 2.45) is 5.92 Å². The maximum absolute atomic E-state index is 12.2. The van der Waals surface area contributed by atoms with E-state index in [0.717, 1.165) is 16.7 Å². The number of amides is 1. The third-order valence-electron chi connectivity index (χ3n) is 4.71. The molecule has 1 fully saturated rings. The van der Waals surface area contributed by atoms with Crippen molar-refractivity contribution in [3.8, 4) is 6.07 Å². The molecule has 0 bridgehead atoms. The molecule has 0 saturated carbocycles. The van der Waals surface area contributed by atoms with E-state index in [-0.39, 0.29) is 37.2 Å². The van der Waals surface area contributed by atoms with Crippen molar-refractivity contribution in [3.63, 3.8) is 0 Å². The van der Waals surface area contributed by atoms with Crippen LogP contribution in [0, 0.1) is 17.2 Å². The molecule has 0 aromatic heterocycles. The molecule has 1 aliphatic rings. The third kappa shape index (κ3) is 5.18. The Morgan fingerprint density at radius 2 is 1.81 bits per heavy atom. The van der Waals surface area contributed by atoms with Gasteiger partial charge in [0, 0.05) is 25.4 Å². The van der Waals surface area contributed by atoms with E-state index in [9.17, 15) is 9.59 Å². The lowest BCUT2D eigenvalue weighted by Gasteiger charge is -2.17. The van der Waals surface area contributed by atoms with Crippen molar-refractivity contribution in [1.82, 2.24) is 4.90 Å². The van der Waals surface area contributed by atoms with Crippen LogP contribution in [0.15, 0.2) is 54.6 Å². The Labute approximate surface area is 159 Å². The minimum absolute atomic E-state index is 0.0273. The summed E-state index contributed by atoms with van der Waals surface area (Å²) in [6.07, 6.45) is 0.826. The van der Waals surface area contributed by atoms with Crippen LogP contribution in [-0.4, -0.2) is 29.9 Å². The SMILES string of the molecule is N#CCc1ccccc1CC(=O)OC[C@@H]1CC(=O)N(Cc2ccccc2)C1. The van der Waals surface area contributed by atoms with Crippen LogP contribution in [0.3, 0.4) is 0 Å². The summed E-state index contributed by atoms with van der Waals surface area (Å²) < 4.78 is 5.41. The summed E-state index contributed by atoms with van der Waals surface area (Å²) in [5, 5.41) is 8.88. The average molecular weight is 362 g/mol. The molecule has 5 nitrogen and oxygen atoms in total. The number of rotatable bonds is 7. The molecule has 0 radical (unpaired) electrons. The Morgan fingerprint density at radius 3 is 2.56 bits per heavy atom. The molecule has 1 atom stereocenters. The largest absolute Gasteiger partial charge is 0.465 e. The van der Waals surface area contributed by atoms with Crippen molar-refractivity contribution in [1.29, 1.82) is 5.26 Å². The third-order valence-corrected chi connectivity index (χ3v) is 4.71. The summed E-state index contributed by atoms with van der Waals surface area (Å²) >= 11 is 0. The average Bonchev–Trinajstić information content (AvgIpc) is 3.02. The van der Waals surface area contributed by atoms with Crippen LogP contribution in [0.4, 0.5) is 0 Å². The summed E-state index contributed by atoms with van der Waals surface area (Å²) in [4.78, 5) is 26.2. The van der Waals surface area contributed by atoms with E-state index in [1.807, 2.05) is 59.5 Å². The summed E-state index contributed by atoms with van der Waals surface area (Å²) in [5.74, 6) is -0.201. The quantitative estimate of drug-likeness (QED) is 0.710. The fraction of sp³-hybridized carbons (Fsp3) is 0.318. The van der Waals surface area contributed by atoms with Crippen molar-refractivity contribution in [3.05, 3.63) is 71.3 Å². The van der Waals surface area contributed by atoms with Gasteiger partial charge in [0.05, 0.1) is 25.5 Å². The van der Waals surface area contributed by atoms with Crippen molar-refractivity contribution in [2.75, 3.05) is 13.2 Å². The summed E-state index contributed by atoms with van der Waals surface area (Å²) in [7, 11) is 0. The number of hydrogen-bond donors (Lipinski definition) is 0. The molecule has 0 unspecified atom stereocenters. The highest BCUT2D eigenvalue weighted by atomic mass is 16.5. The Morgan fingerprint density at radius 1 is 1.11 bits per heavy atom. The second kappa shape index (κ2) is 9.00. The molecule has 1 aliphatic heterocycles. The molecule has 138 valence electrons. The number of likely N-dealkylation sites (tertiary alicyclic amines) is 1. The fourth-order valence-corrected chi connectivity index (χ4v) is 3.33. The molecule has 3 rings (SSSR count). The summed E-state index contributed by atoms with van der Waals surface area (Å²) in [6.45, 7) is 1.44. The normalized spacial score (nSPS) is 16.2. The number of nitrogens with zero attached hydrogens (tertiary/aromatic N) is 2. The van der Waals surface area contributed by atoms with Gasteiger partial charge < -0.3 is 9.64 Å². The predicted molar refractivity (Wildman–Crippen MR) is 100 cm³/mol. The fourth-order valence-electron chi connectivity index (χ4n) is 3.33. The first-order valence-electron chi connectivity index (χ1n) is 9.06. The van der Waals surface area contributed by atoms with Crippen LogP contribution in [0.25, 0.3) is 0 Å². The minimum atomic E-state index is -0.325. The Kier molecular flexibility index (Phi) is 6.22. The van der Waals surface area contributed by atoms with E-state index < -0.39 is 0 Å². The van der Waals surface area contributed by atoms with Crippen molar-refractivity contribution in [2.45, 2.75) is 25.8 Å². The van der Waals surface area contributed by atoms with Crippen LogP contribution in [0.5, 0.6) is 0 Å². The number of benzene rings is 2. The topological polar surface area (TPSA) is 70.4 Å². The van der Waals surface area contributed by atoms with Gasteiger partial charge in [-0.1, -0.05) is 54.6 Å². The second-order valence-electron chi connectivity index (χ2n) is 6.79. The molecule has 1 saturated heterocycles. The maximum Gasteiger partial charge on any atom is 0.310 e. The van der Waals surface area contributed by atoms with E-state index in [2.05, 4.69) is 6.07 Å². The molecule has 27 heavy (non-hydrogen) atoms. The smallest absolute Gasteiger partial charge is 0.310 e. The Bertz CT molecular complexity index is 842. The molecule has 1 amide bonds. The Hall–Kier alpha value is -3.13. The first-order chi connectivity index (χ1) is 13.2. The van der Waals surface area contributed by atoms with Gasteiger partial charge in [-0.25, -0.2) is 0 Å². The van der Waals surface area contributed by atoms with E-state index in [0.29, 0.717) is 19.5 Å². The van der Waals surface area contributed by atoms with Crippen LogP contribution < -0.4 is 0 Å². The zero-order valence-electron chi connectivity index (χ0n) is 15.1. The molecule has 0 aliphatic carbocycles. The van der Waals surface area contributed by atoms with Crippen LogP contribution in [0.2, 0.25) is 0 Å². The lowest BCUT2D eigenvalue weighted by molar-refractivity contribution is -0.144. The van der Waals surface area contributed by atoms with Gasteiger partial charge >= 0.3 is 5.97 Å². The van der Waals surface area contributed by atoms with Gasteiger partial charge in [-0.15, -0.1) is 0 Å². The standard InChI is InChI=1S/C22H22N2O3/c23-11-10-19-8-4-5-9-20(19)13-22(26)27-16-18-12-21(25)24(15-18)14-17-6-2-1-3-7-17/h1-9,18H,10,12-16H2/t18-/m1/s1. The van der Waals surface area contributed by atoms with Crippen LogP contribution in [0.1, 0.15) is 23.1 Å². The predicted octanol–water partition coefficient (Wildman–Crippen LogP) is 2.89. The molecular weight excluding hydrogens is 340 g/mol. The van der Waals surface area contributed by atoms with Crippen molar-refractivity contribution < 1.29 is 14.3 Å². The first-order valence-corrected chi connectivity index (χ1v) is 9.06. The highest BCUT2D eigenvalue weighted by Gasteiger charge is 2.30. The van der Waals surface area contributed by atoms with Gasteiger partial charge in [-0.2, -0.15) is 5.26 Å². The number of ether oxygens (including phenoxy) is 1. The van der Waals surface area contributed by atoms with E-state index in [1.165, 1.54) is 0 Å². The maximum atomic E-state index is 12.2. The molecule has 5 heteroatoms. The van der Waals surface area contributed by atoms with E-state index in [4.69, 9.17) is 10.00 Å². The summed E-state index contributed by atoms with van der Waals surface area (Å²) in [6, 6.07) is 19.4. The first kappa shape index (κ1) is 18.7. The van der Waals surface area contributed by atoms with Crippen molar-refractivity contribution >= 4 is 11.9 Å². The zero-order valence-corrected chi connectivity index (χ0v) is 15.1. The minimum Gasteiger partial charge on any atom is -0.465 e. The molecule has 2 aromatic carbocycles. The highest BCUT2D eigenvalue weighted by molar-refractivity contribution is 5.79. The number of carbonyl (C=O) groups is 2. The number of esters is 1. The van der Waals surface area contributed by atoms with Gasteiger partial charge in [0.2, 0.25) is 5.91 Å². The lowest BCUT2D eigenvalue weighted by Crippen LogP contribution is -2.25. The second-order valence-corrected chi connectivity index (χ2v) is 6.79. The molecule has 0 N–H and O–H groups in total. The van der Waals surface area contributed by atoms with E-state index >= 15 is 0 Å².